The highest BCUT2D eigenvalue weighted by Crippen LogP contribution is 2.23. The molecule has 1 aromatic heterocycles. The summed E-state index contributed by atoms with van der Waals surface area (Å²) in [6.07, 6.45) is 1.06. The van der Waals surface area contributed by atoms with E-state index in [9.17, 15) is 13.2 Å². The molecule has 3 rings (SSSR count). The van der Waals surface area contributed by atoms with Crippen LogP contribution in [0.15, 0.2) is 47.0 Å². The van der Waals surface area contributed by atoms with Crippen molar-refractivity contribution in [1.29, 1.82) is 0 Å². The molecule has 0 spiro atoms. The lowest BCUT2D eigenvalue weighted by atomic mass is 10.1. The molecule has 2 aromatic carbocycles. The van der Waals surface area contributed by atoms with Gasteiger partial charge in [-0.2, -0.15) is 4.98 Å². The Morgan fingerprint density at radius 1 is 1.20 bits per heavy atom. The van der Waals surface area contributed by atoms with Gasteiger partial charge < -0.3 is 14.2 Å². The Bertz CT molecular complexity index is 1160. The molecule has 0 fully saturated rings. The fourth-order valence-electron chi connectivity index (χ4n) is 2.83. The molecule has 9 nitrogen and oxygen atoms in total. The summed E-state index contributed by atoms with van der Waals surface area (Å²) in [4.78, 5) is 18.6. The van der Waals surface area contributed by atoms with Crippen molar-refractivity contribution in [2.75, 3.05) is 25.1 Å². The van der Waals surface area contributed by atoms with E-state index in [4.69, 9.17) is 9.26 Å². The van der Waals surface area contributed by atoms with Crippen LogP contribution in [0.5, 0.6) is 5.75 Å². The first-order valence-corrected chi connectivity index (χ1v) is 10.9. The van der Waals surface area contributed by atoms with Gasteiger partial charge in [0.25, 0.3) is 5.91 Å². The zero-order chi connectivity index (χ0) is 21.9. The van der Waals surface area contributed by atoms with Crippen LogP contribution in [0.2, 0.25) is 0 Å². The lowest BCUT2D eigenvalue weighted by molar-refractivity contribution is 0.0769. The van der Waals surface area contributed by atoms with Crippen LogP contribution in [0.3, 0.4) is 0 Å². The largest absolute Gasteiger partial charge is 0.497 e. The highest BCUT2D eigenvalue weighted by molar-refractivity contribution is 7.92. The van der Waals surface area contributed by atoms with Gasteiger partial charge in [0.05, 0.1) is 25.6 Å². The molecule has 1 amide bonds. The third-order valence-electron chi connectivity index (χ3n) is 4.39. The molecule has 30 heavy (non-hydrogen) atoms. The predicted molar refractivity (Wildman–Crippen MR) is 112 cm³/mol. The zero-order valence-corrected chi connectivity index (χ0v) is 17.9. The Morgan fingerprint density at radius 3 is 2.53 bits per heavy atom. The van der Waals surface area contributed by atoms with Crippen molar-refractivity contribution < 1.29 is 22.5 Å². The number of amides is 1. The second-order valence-electron chi connectivity index (χ2n) is 6.75. The average Bonchev–Trinajstić information content (AvgIpc) is 3.16. The molecule has 0 saturated heterocycles. The summed E-state index contributed by atoms with van der Waals surface area (Å²) < 4.78 is 35.9. The van der Waals surface area contributed by atoms with Gasteiger partial charge in [-0.05, 0) is 48.9 Å². The second kappa shape index (κ2) is 8.54. The summed E-state index contributed by atoms with van der Waals surface area (Å²) in [6, 6.07) is 12.1. The Kier molecular flexibility index (Phi) is 6.06. The number of anilines is 1. The Balaban J connectivity index is 1.75. The summed E-state index contributed by atoms with van der Waals surface area (Å²) in [7, 11) is -0.262. The van der Waals surface area contributed by atoms with Crippen molar-refractivity contribution in [1.82, 2.24) is 15.0 Å². The number of ether oxygens (including phenoxy) is 1. The normalized spacial score (nSPS) is 11.2. The van der Waals surface area contributed by atoms with Crippen LogP contribution < -0.4 is 9.46 Å². The van der Waals surface area contributed by atoms with E-state index >= 15 is 0 Å². The standard InChI is InChI=1S/C20H22N4O5S/c1-13-16(6-5-7-17(13)23-30(4,26)27)20(25)24(2)12-18-21-19(22-29-18)14-8-10-15(28-3)11-9-14/h5-11,23H,12H2,1-4H3. The summed E-state index contributed by atoms with van der Waals surface area (Å²) in [5, 5.41) is 3.96. The predicted octanol–water partition coefficient (Wildman–Crippen LogP) is 2.70. The number of hydrogen-bond acceptors (Lipinski definition) is 7. The number of aromatic nitrogens is 2. The molecule has 0 aliphatic heterocycles. The molecule has 0 bridgehead atoms. The number of benzene rings is 2. The van der Waals surface area contributed by atoms with Crippen LogP contribution in [0.25, 0.3) is 11.4 Å². The van der Waals surface area contributed by atoms with Gasteiger partial charge in [0.2, 0.25) is 21.7 Å². The van der Waals surface area contributed by atoms with Gasteiger partial charge in [-0.15, -0.1) is 0 Å². The number of nitrogens with one attached hydrogen (secondary N) is 1. The monoisotopic (exact) mass is 430 g/mol. The maximum absolute atomic E-state index is 12.9. The van der Waals surface area contributed by atoms with E-state index in [2.05, 4.69) is 14.9 Å². The van der Waals surface area contributed by atoms with Gasteiger partial charge in [0.15, 0.2) is 0 Å². The first-order chi connectivity index (χ1) is 14.2. The third-order valence-corrected chi connectivity index (χ3v) is 4.99. The summed E-state index contributed by atoms with van der Waals surface area (Å²) in [6.45, 7) is 1.79. The van der Waals surface area contributed by atoms with E-state index in [0.717, 1.165) is 17.6 Å². The number of sulfonamides is 1. The summed E-state index contributed by atoms with van der Waals surface area (Å²) in [5.41, 5.74) is 2.02. The van der Waals surface area contributed by atoms with Crippen molar-refractivity contribution in [2.45, 2.75) is 13.5 Å². The van der Waals surface area contributed by atoms with Crippen molar-refractivity contribution in [3.05, 3.63) is 59.5 Å². The molecule has 0 saturated carbocycles. The molecule has 158 valence electrons. The van der Waals surface area contributed by atoms with E-state index in [0.29, 0.717) is 22.6 Å². The Labute approximate surface area is 174 Å². The van der Waals surface area contributed by atoms with Gasteiger partial charge in [0, 0.05) is 18.2 Å². The summed E-state index contributed by atoms with van der Waals surface area (Å²) in [5.74, 6) is 1.10. The lowest BCUT2D eigenvalue weighted by Gasteiger charge is -2.18. The minimum Gasteiger partial charge on any atom is -0.497 e. The Hall–Kier alpha value is -3.40. The van der Waals surface area contributed by atoms with E-state index < -0.39 is 10.0 Å². The smallest absolute Gasteiger partial charge is 0.254 e. The number of hydrogen-bond donors (Lipinski definition) is 1. The lowest BCUT2D eigenvalue weighted by Crippen LogP contribution is -2.27. The Morgan fingerprint density at radius 2 is 1.90 bits per heavy atom. The first kappa shape index (κ1) is 21.3. The topological polar surface area (TPSA) is 115 Å². The second-order valence-corrected chi connectivity index (χ2v) is 8.50. The fraction of sp³-hybridized carbons (Fsp3) is 0.250. The maximum atomic E-state index is 12.9. The molecule has 0 aliphatic rings. The quantitative estimate of drug-likeness (QED) is 0.613. The van der Waals surface area contributed by atoms with Gasteiger partial charge >= 0.3 is 0 Å². The number of rotatable bonds is 7. The minimum absolute atomic E-state index is 0.102. The highest BCUT2D eigenvalue weighted by atomic mass is 32.2. The zero-order valence-electron chi connectivity index (χ0n) is 17.0. The molecule has 0 atom stereocenters. The maximum Gasteiger partial charge on any atom is 0.254 e. The van der Waals surface area contributed by atoms with Gasteiger partial charge in [-0.3, -0.25) is 9.52 Å². The number of carbonyl (C=O) groups excluding carboxylic acids is 1. The van der Waals surface area contributed by atoms with Crippen molar-refractivity contribution >= 4 is 21.6 Å². The van der Waals surface area contributed by atoms with Crippen LogP contribution in [-0.4, -0.2) is 49.8 Å². The number of methoxy groups -OCH3 is 1. The number of nitrogens with zero attached hydrogens (tertiary/aromatic N) is 3. The molecule has 0 radical (unpaired) electrons. The molecule has 0 unspecified atom stereocenters. The highest BCUT2D eigenvalue weighted by Gasteiger charge is 2.19. The molecule has 10 heteroatoms. The molecule has 1 heterocycles. The van der Waals surface area contributed by atoms with Crippen LogP contribution in [0, 0.1) is 6.92 Å². The first-order valence-electron chi connectivity index (χ1n) is 8.98. The van der Waals surface area contributed by atoms with Gasteiger partial charge in [0.1, 0.15) is 5.75 Å². The van der Waals surface area contributed by atoms with E-state index in [-0.39, 0.29) is 18.3 Å². The molecular weight excluding hydrogens is 408 g/mol. The summed E-state index contributed by atoms with van der Waals surface area (Å²) >= 11 is 0. The molecule has 3 aromatic rings. The van der Waals surface area contributed by atoms with Crippen LogP contribution >= 0.6 is 0 Å². The van der Waals surface area contributed by atoms with Gasteiger partial charge in [-0.1, -0.05) is 11.2 Å². The molecule has 0 aliphatic carbocycles. The fourth-order valence-corrected chi connectivity index (χ4v) is 3.45. The van der Waals surface area contributed by atoms with E-state index in [1.165, 1.54) is 4.90 Å². The van der Waals surface area contributed by atoms with Crippen molar-refractivity contribution in [3.8, 4) is 17.1 Å². The minimum atomic E-state index is -3.46. The van der Waals surface area contributed by atoms with Crippen LogP contribution in [0.1, 0.15) is 21.8 Å². The molecular formula is C20H22N4O5S. The van der Waals surface area contributed by atoms with Crippen molar-refractivity contribution in [2.24, 2.45) is 0 Å². The molecule has 1 N–H and O–H groups in total. The van der Waals surface area contributed by atoms with Gasteiger partial charge in [-0.25, -0.2) is 8.42 Å². The van der Waals surface area contributed by atoms with Crippen LogP contribution in [-0.2, 0) is 16.6 Å². The SMILES string of the molecule is COc1ccc(-c2noc(CN(C)C(=O)c3cccc(NS(C)(=O)=O)c3C)n2)cc1. The third kappa shape index (κ3) is 4.95. The van der Waals surface area contributed by atoms with Crippen molar-refractivity contribution in [3.63, 3.8) is 0 Å². The van der Waals surface area contributed by atoms with E-state index in [1.54, 1.807) is 51.4 Å². The average molecular weight is 430 g/mol. The number of carbonyl (C=O) groups is 1. The van der Waals surface area contributed by atoms with E-state index in [1.807, 2.05) is 12.1 Å². The van der Waals surface area contributed by atoms with Crippen LogP contribution in [0.4, 0.5) is 5.69 Å².